The molecule has 0 aliphatic heterocycles. The van der Waals surface area contributed by atoms with Gasteiger partial charge in [0.25, 0.3) is 0 Å². The van der Waals surface area contributed by atoms with Crippen molar-refractivity contribution in [3.8, 4) is 0 Å². The van der Waals surface area contributed by atoms with Crippen molar-refractivity contribution in [3.05, 3.63) is 33.8 Å². The minimum Gasteiger partial charge on any atom is -0.314 e. The predicted molar refractivity (Wildman–Crippen MR) is 77.1 cm³/mol. The maximum atomic E-state index is 6.01. The quantitative estimate of drug-likeness (QED) is 0.801. The van der Waals surface area contributed by atoms with E-state index in [1.807, 2.05) is 12.1 Å². The Morgan fingerprint density at radius 1 is 1.18 bits per heavy atom. The minimum absolute atomic E-state index is 0.564. The van der Waals surface area contributed by atoms with E-state index in [-0.39, 0.29) is 0 Å². The molecule has 0 fully saturated rings. The molecule has 0 spiro atoms. The fourth-order valence-corrected chi connectivity index (χ4v) is 2.27. The van der Waals surface area contributed by atoms with E-state index in [1.54, 1.807) is 0 Å². The third-order valence-corrected chi connectivity index (χ3v) is 3.74. The fraction of sp³-hybridized carbons (Fsp3) is 0.571. The number of hydrogen-bond acceptors (Lipinski definition) is 1. The van der Waals surface area contributed by atoms with Crippen molar-refractivity contribution in [3.63, 3.8) is 0 Å². The van der Waals surface area contributed by atoms with Gasteiger partial charge in [-0.1, -0.05) is 50.0 Å². The van der Waals surface area contributed by atoms with E-state index in [9.17, 15) is 0 Å². The minimum atomic E-state index is 0.564. The van der Waals surface area contributed by atoms with Gasteiger partial charge in [0.2, 0.25) is 0 Å². The van der Waals surface area contributed by atoms with Gasteiger partial charge in [0, 0.05) is 6.04 Å². The van der Waals surface area contributed by atoms with Gasteiger partial charge >= 0.3 is 0 Å². The van der Waals surface area contributed by atoms with Gasteiger partial charge in [-0.25, -0.2) is 0 Å². The van der Waals surface area contributed by atoms with Crippen LogP contribution in [-0.2, 0) is 6.42 Å². The fourth-order valence-electron chi connectivity index (χ4n) is 1.95. The average molecular weight is 274 g/mol. The molecule has 0 aliphatic rings. The van der Waals surface area contributed by atoms with Crippen LogP contribution >= 0.6 is 23.2 Å². The molecule has 1 rings (SSSR count). The summed E-state index contributed by atoms with van der Waals surface area (Å²) in [6, 6.07) is 6.45. The van der Waals surface area contributed by atoms with E-state index in [4.69, 9.17) is 23.2 Å². The molecule has 0 aromatic heterocycles. The third kappa shape index (κ3) is 4.87. The summed E-state index contributed by atoms with van der Waals surface area (Å²) in [7, 11) is 0. The second kappa shape index (κ2) is 7.25. The van der Waals surface area contributed by atoms with E-state index in [1.165, 1.54) is 5.56 Å². The second-order valence-corrected chi connectivity index (χ2v) is 5.51. The van der Waals surface area contributed by atoms with Crippen LogP contribution in [0, 0.1) is 5.92 Å². The highest BCUT2D eigenvalue weighted by molar-refractivity contribution is 6.42. The maximum absolute atomic E-state index is 6.01. The van der Waals surface area contributed by atoms with Gasteiger partial charge in [-0.15, -0.1) is 0 Å². The maximum Gasteiger partial charge on any atom is 0.0595 e. The zero-order chi connectivity index (χ0) is 12.8. The molecule has 96 valence electrons. The van der Waals surface area contributed by atoms with Gasteiger partial charge in [-0.05, 0) is 43.0 Å². The Morgan fingerprint density at radius 2 is 1.88 bits per heavy atom. The number of hydrogen-bond donors (Lipinski definition) is 1. The molecule has 17 heavy (non-hydrogen) atoms. The molecule has 1 aromatic rings. The van der Waals surface area contributed by atoms with Crippen molar-refractivity contribution in [1.29, 1.82) is 0 Å². The first-order chi connectivity index (χ1) is 8.04. The lowest BCUT2D eigenvalue weighted by Crippen LogP contribution is -2.34. The SMILES string of the molecule is CCNC(CCc1ccc(Cl)c(Cl)c1)C(C)C. The molecule has 3 heteroatoms. The summed E-state index contributed by atoms with van der Waals surface area (Å²) in [4.78, 5) is 0. The topological polar surface area (TPSA) is 12.0 Å². The number of aryl methyl sites for hydroxylation is 1. The number of halogens is 2. The standard InChI is InChI=1S/C14H21Cl2N/c1-4-17-14(10(2)3)8-6-11-5-7-12(15)13(16)9-11/h5,7,9-10,14,17H,4,6,8H2,1-3H3. The molecule has 0 saturated carbocycles. The summed E-state index contributed by atoms with van der Waals surface area (Å²) in [6.45, 7) is 7.67. The summed E-state index contributed by atoms with van der Waals surface area (Å²) < 4.78 is 0. The number of rotatable bonds is 6. The number of nitrogens with one attached hydrogen (secondary N) is 1. The first-order valence-electron chi connectivity index (χ1n) is 6.22. The average Bonchev–Trinajstić information content (AvgIpc) is 2.28. The predicted octanol–water partition coefficient (Wildman–Crippen LogP) is 4.56. The van der Waals surface area contributed by atoms with Crippen LogP contribution in [0.5, 0.6) is 0 Å². The van der Waals surface area contributed by atoms with Crippen LogP contribution in [0.4, 0.5) is 0 Å². The summed E-state index contributed by atoms with van der Waals surface area (Å²) in [5, 5.41) is 4.79. The van der Waals surface area contributed by atoms with Crippen molar-refractivity contribution in [2.45, 2.75) is 39.7 Å². The van der Waals surface area contributed by atoms with Crippen LogP contribution in [0.1, 0.15) is 32.8 Å². The zero-order valence-electron chi connectivity index (χ0n) is 10.8. The van der Waals surface area contributed by atoms with E-state index in [0.717, 1.165) is 19.4 Å². The third-order valence-electron chi connectivity index (χ3n) is 3.00. The molecule has 1 N–H and O–H groups in total. The van der Waals surface area contributed by atoms with Crippen LogP contribution in [-0.4, -0.2) is 12.6 Å². The van der Waals surface area contributed by atoms with Gasteiger partial charge < -0.3 is 5.32 Å². The van der Waals surface area contributed by atoms with E-state index < -0.39 is 0 Å². The van der Waals surface area contributed by atoms with E-state index in [2.05, 4.69) is 32.2 Å². The molecule has 0 heterocycles. The molecule has 1 unspecified atom stereocenters. The Balaban J connectivity index is 2.56. The molecule has 0 bridgehead atoms. The van der Waals surface area contributed by atoms with Crippen molar-refractivity contribution in [1.82, 2.24) is 5.32 Å². The van der Waals surface area contributed by atoms with E-state index >= 15 is 0 Å². The highest BCUT2D eigenvalue weighted by Gasteiger charge is 2.11. The van der Waals surface area contributed by atoms with E-state index in [0.29, 0.717) is 22.0 Å². The summed E-state index contributed by atoms with van der Waals surface area (Å²) in [6.07, 6.45) is 2.16. The smallest absolute Gasteiger partial charge is 0.0595 e. The Kier molecular flexibility index (Phi) is 6.32. The molecule has 0 saturated heterocycles. The summed E-state index contributed by atoms with van der Waals surface area (Å²) >= 11 is 11.9. The molecule has 1 aromatic carbocycles. The molecule has 0 radical (unpaired) electrons. The van der Waals surface area contributed by atoms with Gasteiger partial charge in [0.05, 0.1) is 10.0 Å². The Morgan fingerprint density at radius 3 is 2.41 bits per heavy atom. The second-order valence-electron chi connectivity index (χ2n) is 4.70. The molecule has 0 aliphatic carbocycles. The van der Waals surface area contributed by atoms with Crippen molar-refractivity contribution < 1.29 is 0 Å². The molecule has 1 nitrogen and oxygen atoms in total. The molecule has 1 atom stereocenters. The van der Waals surface area contributed by atoms with Gasteiger partial charge in [-0.2, -0.15) is 0 Å². The summed E-state index contributed by atoms with van der Waals surface area (Å²) in [5.74, 6) is 0.651. The first-order valence-corrected chi connectivity index (χ1v) is 6.97. The monoisotopic (exact) mass is 273 g/mol. The highest BCUT2D eigenvalue weighted by atomic mass is 35.5. The molecular formula is C14H21Cl2N. The summed E-state index contributed by atoms with van der Waals surface area (Å²) in [5.41, 5.74) is 1.25. The number of benzene rings is 1. The van der Waals surface area contributed by atoms with Gasteiger partial charge in [-0.3, -0.25) is 0 Å². The first kappa shape index (κ1) is 14.8. The van der Waals surface area contributed by atoms with Crippen LogP contribution in [0.3, 0.4) is 0 Å². The highest BCUT2D eigenvalue weighted by Crippen LogP contribution is 2.23. The van der Waals surface area contributed by atoms with Crippen molar-refractivity contribution in [2.24, 2.45) is 5.92 Å². The lowest BCUT2D eigenvalue weighted by Gasteiger charge is -2.21. The zero-order valence-corrected chi connectivity index (χ0v) is 12.3. The molecular weight excluding hydrogens is 253 g/mol. The van der Waals surface area contributed by atoms with Crippen molar-refractivity contribution >= 4 is 23.2 Å². The lowest BCUT2D eigenvalue weighted by molar-refractivity contribution is 0.385. The lowest BCUT2D eigenvalue weighted by atomic mass is 9.96. The van der Waals surface area contributed by atoms with Crippen LogP contribution in [0.2, 0.25) is 10.0 Å². The largest absolute Gasteiger partial charge is 0.314 e. The Bertz CT molecular complexity index is 350. The Hall–Kier alpha value is -0.240. The Labute approximate surface area is 115 Å². The van der Waals surface area contributed by atoms with Crippen molar-refractivity contribution in [2.75, 3.05) is 6.54 Å². The van der Waals surface area contributed by atoms with Gasteiger partial charge in [0.15, 0.2) is 0 Å². The van der Waals surface area contributed by atoms with Gasteiger partial charge in [0.1, 0.15) is 0 Å². The molecule has 0 amide bonds. The normalized spacial score (nSPS) is 13.1. The van der Waals surface area contributed by atoms with Crippen LogP contribution in [0.15, 0.2) is 18.2 Å². The van der Waals surface area contributed by atoms with Crippen LogP contribution < -0.4 is 5.32 Å². The van der Waals surface area contributed by atoms with Crippen LogP contribution in [0.25, 0.3) is 0 Å².